The number of nitrogens with one attached hydrogen (secondary N) is 2. The minimum Gasteiger partial charge on any atom is -0.308 e. The Morgan fingerprint density at radius 1 is 0.654 bits per heavy atom. The van der Waals surface area contributed by atoms with Crippen molar-refractivity contribution in [2.24, 2.45) is 0 Å². The second-order valence-corrected chi connectivity index (χ2v) is 6.91. The van der Waals surface area contributed by atoms with E-state index < -0.39 is 0 Å². The molecule has 0 fully saturated rings. The van der Waals surface area contributed by atoms with Gasteiger partial charge in [0, 0.05) is 25.2 Å². The maximum atomic E-state index is 3.75. The van der Waals surface area contributed by atoms with E-state index in [0.29, 0.717) is 6.04 Å². The molecule has 2 nitrogen and oxygen atoms in total. The van der Waals surface area contributed by atoms with Gasteiger partial charge < -0.3 is 10.6 Å². The van der Waals surface area contributed by atoms with Gasteiger partial charge in [-0.25, -0.2) is 0 Å². The second kappa shape index (κ2) is 9.33. The molecule has 0 radical (unpaired) electrons. The van der Waals surface area contributed by atoms with Crippen molar-refractivity contribution in [3.63, 3.8) is 0 Å². The number of aryl methyl sites for hydroxylation is 1. The summed E-state index contributed by atoms with van der Waals surface area (Å²) in [4.78, 5) is 0. The summed E-state index contributed by atoms with van der Waals surface area (Å²) in [6.45, 7) is 6.12. The summed E-state index contributed by atoms with van der Waals surface area (Å²) < 4.78 is 0. The van der Waals surface area contributed by atoms with Crippen LogP contribution in [0.15, 0.2) is 84.9 Å². The summed E-state index contributed by atoms with van der Waals surface area (Å²) in [6, 6.07) is 30.6. The monoisotopic (exact) mass is 344 g/mol. The van der Waals surface area contributed by atoms with E-state index in [1.54, 1.807) is 0 Å². The third kappa shape index (κ3) is 5.29. The van der Waals surface area contributed by atoms with Crippen molar-refractivity contribution in [2.75, 3.05) is 0 Å². The van der Waals surface area contributed by atoms with Crippen molar-refractivity contribution in [3.05, 3.63) is 107 Å². The van der Waals surface area contributed by atoms with Crippen LogP contribution in [0, 0.1) is 6.92 Å². The molecular weight excluding hydrogens is 316 g/mol. The third-order valence-corrected chi connectivity index (χ3v) is 4.78. The molecule has 0 saturated heterocycles. The zero-order valence-electron chi connectivity index (χ0n) is 15.7. The highest BCUT2D eigenvalue weighted by molar-refractivity contribution is 5.26. The lowest BCUT2D eigenvalue weighted by Crippen LogP contribution is -2.39. The first-order chi connectivity index (χ1) is 12.7. The van der Waals surface area contributed by atoms with E-state index in [1.807, 2.05) is 0 Å². The quantitative estimate of drug-likeness (QED) is 0.600. The fraction of sp³-hybridized carbons (Fsp3) is 0.250. The molecule has 0 amide bonds. The first-order valence-corrected chi connectivity index (χ1v) is 9.33. The van der Waals surface area contributed by atoms with Crippen LogP contribution in [0.25, 0.3) is 0 Å². The van der Waals surface area contributed by atoms with E-state index in [4.69, 9.17) is 0 Å². The van der Waals surface area contributed by atoms with E-state index in [9.17, 15) is 0 Å². The maximum absolute atomic E-state index is 3.75. The molecule has 2 N–H and O–H groups in total. The molecule has 0 aliphatic heterocycles. The van der Waals surface area contributed by atoms with E-state index >= 15 is 0 Å². The smallest absolute Gasteiger partial charge is 0.0475 e. The molecule has 0 heterocycles. The zero-order valence-corrected chi connectivity index (χ0v) is 15.7. The van der Waals surface area contributed by atoms with Gasteiger partial charge in [0.05, 0.1) is 0 Å². The van der Waals surface area contributed by atoms with Crippen molar-refractivity contribution >= 4 is 0 Å². The van der Waals surface area contributed by atoms with Crippen LogP contribution >= 0.6 is 0 Å². The van der Waals surface area contributed by atoms with Gasteiger partial charge in [0.25, 0.3) is 0 Å². The molecule has 0 spiro atoms. The number of hydrogen-bond acceptors (Lipinski definition) is 2. The van der Waals surface area contributed by atoms with Crippen LogP contribution in [0.2, 0.25) is 0 Å². The van der Waals surface area contributed by atoms with Crippen LogP contribution in [0.4, 0.5) is 0 Å². The molecule has 2 atom stereocenters. The molecule has 3 aromatic rings. The Morgan fingerprint density at radius 3 is 1.69 bits per heavy atom. The predicted molar refractivity (Wildman–Crippen MR) is 110 cm³/mol. The van der Waals surface area contributed by atoms with Gasteiger partial charge in [-0.3, -0.25) is 0 Å². The topological polar surface area (TPSA) is 24.1 Å². The minimum atomic E-state index is 0.250. The molecule has 0 unspecified atom stereocenters. The van der Waals surface area contributed by atoms with Crippen LogP contribution < -0.4 is 10.6 Å². The molecule has 3 rings (SSSR count). The van der Waals surface area contributed by atoms with Crippen LogP contribution in [0.3, 0.4) is 0 Å². The largest absolute Gasteiger partial charge is 0.308 e. The lowest BCUT2D eigenvalue weighted by molar-refractivity contribution is 0.394. The molecule has 0 saturated carbocycles. The van der Waals surface area contributed by atoms with E-state index in [0.717, 1.165) is 13.1 Å². The molecule has 0 aliphatic rings. The first-order valence-electron chi connectivity index (χ1n) is 9.33. The standard InChI is InChI=1S/C24H28N2/c1-19-13-15-23(16-14-19)24(26-18-22-11-7-4-8-12-22)20(2)25-17-21-9-5-3-6-10-21/h3-16,20,24-26H,17-18H2,1-2H3/t20-,24-/m0/s1. The van der Waals surface area contributed by atoms with Gasteiger partial charge in [0.2, 0.25) is 0 Å². The van der Waals surface area contributed by atoms with E-state index in [2.05, 4.69) is 109 Å². The highest BCUT2D eigenvalue weighted by Gasteiger charge is 2.18. The molecule has 26 heavy (non-hydrogen) atoms. The Balaban J connectivity index is 1.69. The van der Waals surface area contributed by atoms with E-state index in [1.165, 1.54) is 22.3 Å². The average molecular weight is 345 g/mol. The third-order valence-electron chi connectivity index (χ3n) is 4.78. The fourth-order valence-corrected chi connectivity index (χ4v) is 3.17. The Hall–Kier alpha value is -2.42. The summed E-state index contributed by atoms with van der Waals surface area (Å²) in [5, 5.41) is 7.43. The van der Waals surface area contributed by atoms with Gasteiger partial charge in [-0.05, 0) is 30.5 Å². The molecule has 2 heteroatoms. The summed E-state index contributed by atoms with van der Waals surface area (Å²) >= 11 is 0. The highest BCUT2D eigenvalue weighted by Crippen LogP contribution is 2.19. The van der Waals surface area contributed by atoms with Gasteiger partial charge >= 0.3 is 0 Å². The lowest BCUT2D eigenvalue weighted by Gasteiger charge is -2.27. The summed E-state index contributed by atoms with van der Waals surface area (Å²) in [5.41, 5.74) is 5.23. The number of benzene rings is 3. The van der Waals surface area contributed by atoms with Gasteiger partial charge in [-0.1, -0.05) is 90.5 Å². The predicted octanol–water partition coefficient (Wildman–Crippen LogP) is 5.00. The minimum absolute atomic E-state index is 0.250. The summed E-state index contributed by atoms with van der Waals surface area (Å²) in [6.07, 6.45) is 0. The summed E-state index contributed by atoms with van der Waals surface area (Å²) in [7, 11) is 0. The molecule has 0 aromatic heterocycles. The Bertz CT molecular complexity index is 766. The zero-order chi connectivity index (χ0) is 18.2. The summed E-state index contributed by atoms with van der Waals surface area (Å²) in [5.74, 6) is 0. The van der Waals surface area contributed by atoms with Crippen LogP contribution in [-0.2, 0) is 13.1 Å². The van der Waals surface area contributed by atoms with Gasteiger partial charge in [0.1, 0.15) is 0 Å². The average Bonchev–Trinajstić information content (AvgIpc) is 2.69. The second-order valence-electron chi connectivity index (χ2n) is 6.91. The molecular formula is C24H28N2. The van der Waals surface area contributed by atoms with Gasteiger partial charge in [-0.2, -0.15) is 0 Å². The fourth-order valence-electron chi connectivity index (χ4n) is 3.17. The first kappa shape index (κ1) is 18.4. The van der Waals surface area contributed by atoms with Crippen molar-refractivity contribution in [1.29, 1.82) is 0 Å². The molecule has 134 valence electrons. The van der Waals surface area contributed by atoms with E-state index in [-0.39, 0.29) is 6.04 Å². The lowest BCUT2D eigenvalue weighted by atomic mass is 9.98. The normalized spacial score (nSPS) is 13.3. The molecule has 0 aliphatic carbocycles. The highest BCUT2D eigenvalue weighted by atomic mass is 15.0. The SMILES string of the molecule is Cc1ccc([C@@H](NCc2ccccc2)[C@H](C)NCc2ccccc2)cc1. The molecule has 3 aromatic carbocycles. The van der Waals surface area contributed by atoms with Crippen molar-refractivity contribution in [1.82, 2.24) is 10.6 Å². The Labute approximate surface area is 157 Å². The van der Waals surface area contributed by atoms with Gasteiger partial charge in [0.15, 0.2) is 0 Å². The van der Waals surface area contributed by atoms with Crippen LogP contribution in [0.1, 0.15) is 35.2 Å². The number of hydrogen-bond donors (Lipinski definition) is 2. The van der Waals surface area contributed by atoms with Crippen molar-refractivity contribution in [2.45, 2.75) is 39.0 Å². The Morgan fingerprint density at radius 2 is 1.15 bits per heavy atom. The Kier molecular flexibility index (Phi) is 6.59. The van der Waals surface area contributed by atoms with Gasteiger partial charge in [-0.15, -0.1) is 0 Å². The maximum Gasteiger partial charge on any atom is 0.0475 e. The van der Waals surface area contributed by atoms with Crippen LogP contribution in [0.5, 0.6) is 0 Å². The van der Waals surface area contributed by atoms with Crippen molar-refractivity contribution < 1.29 is 0 Å². The van der Waals surface area contributed by atoms with Crippen molar-refractivity contribution in [3.8, 4) is 0 Å². The number of rotatable bonds is 8. The van der Waals surface area contributed by atoms with Crippen LogP contribution in [-0.4, -0.2) is 6.04 Å². The molecule has 0 bridgehead atoms.